The lowest BCUT2D eigenvalue weighted by molar-refractivity contribution is 0.0642. The number of amides is 3. The maximum absolute atomic E-state index is 12.7. The first kappa shape index (κ1) is 19.9. The van der Waals surface area contributed by atoms with E-state index in [2.05, 4.69) is 5.32 Å². The molecule has 30 heavy (non-hydrogen) atoms. The van der Waals surface area contributed by atoms with Gasteiger partial charge < -0.3 is 5.32 Å². The molecule has 3 aromatic carbocycles. The molecule has 0 bridgehead atoms. The third-order valence-electron chi connectivity index (χ3n) is 5.10. The average Bonchev–Trinajstić information content (AvgIpc) is 2.99. The number of benzene rings is 3. The van der Waals surface area contributed by atoms with Gasteiger partial charge in [0.1, 0.15) is 0 Å². The molecule has 0 fully saturated rings. The zero-order valence-electron chi connectivity index (χ0n) is 16.3. The van der Waals surface area contributed by atoms with E-state index in [1.54, 1.807) is 54.6 Å². The van der Waals surface area contributed by atoms with Crippen LogP contribution < -0.4 is 5.32 Å². The fourth-order valence-corrected chi connectivity index (χ4v) is 3.71. The van der Waals surface area contributed by atoms with Gasteiger partial charge in [0.25, 0.3) is 17.7 Å². The molecule has 4 rings (SSSR count). The van der Waals surface area contributed by atoms with Crippen LogP contribution in [-0.2, 0) is 6.54 Å². The van der Waals surface area contributed by atoms with Crippen LogP contribution in [0.15, 0.2) is 72.8 Å². The number of carbonyl (C=O) groups is 3. The topological polar surface area (TPSA) is 66.5 Å². The standard InChI is InChI=1S/C24H19ClN2O3/c1-15(17-7-5-9-19(25)13-17)26-22(28)18-8-4-6-16(12-18)14-27-23(29)20-10-2-3-11-21(20)24(27)30/h2-13,15H,14H2,1H3,(H,26,28)/t15-/m1/s1. The number of imide groups is 1. The van der Waals surface area contributed by atoms with E-state index in [9.17, 15) is 14.4 Å². The Morgan fingerprint density at radius 2 is 1.60 bits per heavy atom. The van der Waals surface area contributed by atoms with Gasteiger partial charge in [0.05, 0.1) is 23.7 Å². The van der Waals surface area contributed by atoms with Crippen LogP contribution in [0.4, 0.5) is 0 Å². The van der Waals surface area contributed by atoms with Crippen molar-refractivity contribution in [1.82, 2.24) is 10.2 Å². The average molecular weight is 419 g/mol. The summed E-state index contributed by atoms with van der Waals surface area (Å²) in [4.78, 5) is 39.1. The Labute approximate surface area is 179 Å². The van der Waals surface area contributed by atoms with Gasteiger partial charge in [-0.05, 0) is 54.4 Å². The van der Waals surface area contributed by atoms with Gasteiger partial charge in [-0.25, -0.2) is 0 Å². The number of nitrogens with zero attached hydrogens (tertiary/aromatic N) is 1. The molecule has 0 saturated heterocycles. The molecule has 5 nitrogen and oxygen atoms in total. The number of hydrogen-bond acceptors (Lipinski definition) is 3. The first-order valence-corrected chi connectivity index (χ1v) is 9.92. The van der Waals surface area contributed by atoms with Gasteiger partial charge in [0, 0.05) is 10.6 Å². The molecule has 0 aliphatic carbocycles. The van der Waals surface area contributed by atoms with Crippen molar-refractivity contribution >= 4 is 29.3 Å². The molecular formula is C24H19ClN2O3. The van der Waals surface area contributed by atoms with Crippen molar-refractivity contribution in [2.24, 2.45) is 0 Å². The van der Waals surface area contributed by atoms with Crippen molar-refractivity contribution in [2.45, 2.75) is 19.5 Å². The second-order valence-corrected chi connectivity index (χ2v) is 7.63. The highest BCUT2D eigenvalue weighted by atomic mass is 35.5. The molecule has 0 saturated carbocycles. The van der Waals surface area contributed by atoms with Crippen LogP contribution in [-0.4, -0.2) is 22.6 Å². The summed E-state index contributed by atoms with van der Waals surface area (Å²) in [6, 6.07) is 20.8. The van der Waals surface area contributed by atoms with E-state index in [-0.39, 0.29) is 30.3 Å². The fraction of sp³-hybridized carbons (Fsp3) is 0.125. The molecule has 1 atom stereocenters. The minimum atomic E-state index is -0.319. The van der Waals surface area contributed by atoms with E-state index in [0.29, 0.717) is 27.3 Å². The highest BCUT2D eigenvalue weighted by Crippen LogP contribution is 2.24. The zero-order valence-corrected chi connectivity index (χ0v) is 17.0. The van der Waals surface area contributed by atoms with Crippen LogP contribution in [0.5, 0.6) is 0 Å². The summed E-state index contributed by atoms with van der Waals surface area (Å²) in [5, 5.41) is 3.56. The van der Waals surface area contributed by atoms with E-state index in [0.717, 1.165) is 5.56 Å². The monoisotopic (exact) mass is 418 g/mol. The predicted molar refractivity (Wildman–Crippen MR) is 114 cm³/mol. The highest BCUT2D eigenvalue weighted by molar-refractivity contribution is 6.30. The molecule has 1 heterocycles. The van der Waals surface area contributed by atoms with E-state index in [1.807, 2.05) is 25.1 Å². The van der Waals surface area contributed by atoms with E-state index < -0.39 is 0 Å². The minimum absolute atomic E-state index is 0.108. The summed E-state index contributed by atoms with van der Waals surface area (Å²) in [7, 11) is 0. The van der Waals surface area contributed by atoms with Crippen molar-refractivity contribution in [2.75, 3.05) is 0 Å². The Bertz CT molecular complexity index is 1120. The lowest BCUT2D eigenvalue weighted by atomic mass is 10.1. The van der Waals surface area contributed by atoms with Crippen LogP contribution >= 0.6 is 11.6 Å². The summed E-state index contributed by atoms with van der Waals surface area (Å²) in [6.07, 6.45) is 0. The van der Waals surface area contributed by atoms with Crippen LogP contribution in [0.2, 0.25) is 5.02 Å². The fourth-order valence-electron chi connectivity index (χ4n) is 3.52. The van der Waals surface area contributed by atoms with Gasteiger partial charge >= 0.3 is 0 Å². The smallest absolute Gasteiger partial charge is 0.261 e. The van der Waals surface area contributed by atoms with Gasteiger partial charge in [-0.3, -0.25) is 19.3 Å². The first-order valence-electron chi connectivity index (χ1n) is 9.54. The Morgan fingerprint density at radius 1 is 0.933 bits per heavy atom. The van der Waals surface area contributed by atoms with Crippen LogP contribution in [0, 0.1) is 0 Å². The molecule has 0 aromatic heterocycles. The number of nitrogens with one attached hydrogen (secondary N) is 1. The lowest BCUT2D eigenvalue weighted by Crippen LogP contribution is -2.29. The normalized spacial score (nSPS) is 13.9. The molecule has 150 valence electrons. The Hall–Kier alpha value is -3.44. The molecule has 1 N–H and O–H groups in total. The van der Waals surface area contributed by atoms with Crippen LogP contribution in [0.1, 0.15) is 55.2 Å². The molecule has 6 heteroatoms. The molecule has 0 unspecified atom stereocenters. The quantitative estimate of drug-likeness (QED) is 0.614. The number of rotatable bonds is 5. The van der Waals surface area contributed by atoms with E-state index in [1.165, 1.54) is 4.90 Å². The van der Waals surface area contributed by atoms with E-state index >= 15 is 0 Å². The SMILES string of the molecule is C[C@@H](NC(=O)c1cccc(CN2C(=O)c3ccccc3C2=O)c1)c1cccc(Cl)c1. The molecule has 0 spiro atoms. The van der Waals surface area contributed by atoms with E-state index in [4.69, 9.17) is 11.6 Å². The summed E-state index contributed by atoms with van der Waals surface area (Å²) >= 11 is 6.03. The summed E-state index contributed by atoms with van der Waals surface area (Å²) < 4.78 is 0. The van der Waals surface area contributed by atoms with Gasteiger partial charge in [0.15, 0.2) is 0 Å². The second-order valence-electron chi connectivity index (χ2n) is 7.19. The first-order chi connectivity index (χ1) is 14.4. The Balaban J connectivity index is 1.49. The molecular weight excluding hydrogens is 400 g/mol. The molecule has 0 radical (unpaired) electrons. The number of hydrogen-bond donors (Lipinski definition) is 1. The largest absolute Gasteiger partial charge is 0.346 e. The van der Waals surface area contributed by atoms with Gasteiger partial charge in [-0.15, -0.1) is 0 Å². The third kappa shape index (κ3) is 3.84. The van der Waals surface area contributed by atoms with Crippen molar-refractivity contribution in [3.05, 3.63) is 106 Å². The minimum Gasteiger partial charge on any atom is -0.346 e. The van der Waals surface area contributed by atoms with Gasteiger partial charge in [-0.1, -0.05) is 48.0 Å². The summed E-state index contributed by atoms with van der Waals surface area (Å²) in [5.41, 5.74) is 2.88. The van der Waals surface area contributed by atoms with Crippen LogP contribution in [0.25, 0.3) is 0 Å². The number of carbonyl (C=O) groups excluding carboxylic acids is 3. The third-order valence-corrected chi connectivity index (χ3v) is 5.34. The van der Waals surface area contributed by atoms with Crippen molar-refractivity contribution < 1.29 is 14.4 Å². The van der Waals surface area contributed by atoms with Crippen molar-refractivity contribution in [3.8, 4) is 0 Å². The molecule has 3 aromatic rings. The number of halogens is 1. The van der Waals surface area contributed by atoms with Crippen molar-refractivity contribution in [3.63, 3.8) is 0 Å². The van der Waals surface area contributed by atoms with Crippen LogP contribution in [0.3, 0.4) is 0 Å². The Morgan fingerprint density at radius 3 is 2.27 bits per heavy atom. The molecule has 1 aliphatic heterocycles. The lowest BCUT2D eigenvalue weighted by Gasteiger charge is -2.16. The number of fused-ring (bicyclic) bond motifs is 1. The summed E-state index contributed by atoms with van der Waals surface area (Å²) in [5.74, 6) is -0.883. The zero-order chi connectivity index (χ0) is 21.3. The van der Waals surface area contributed by atoms with Crippen molar-refractivity contribution in [1.29, 1.82) is 0 Å². The second kappa shape index (κ2) is 8.13. The molecule has 3 amide bonds. The van der Waals surface area contributed by atoms with Gasteiger partial charge in [0.2, 0.25) is 0 Å². The maximum Gasteiger partial charge on any atom is 0.261 e. The van der Waals surface area contributed by atoms with Gasteiger partial charge in [-0.2, -0.15) is 0 Å². The maximum atomic E-state index is 12.7. The highest BCUT2D eigenvalue weighted by Gasteiger charge is 2.35. The predicted octanol–water partition coefficient (Wildman–Crippen LogP) is 4.63. The Kier molecular flexibility index (Phi) is 5.38. The summed E-state index contributed by atoms with van der Waals surface area (Å²) in [6.45, 7) is 1.99. The molecule has 1 aliphatic rings.